The van der Waals surface area contributed by atoms with Gasteiger partial charge < -0.3 is 9.84 Å². The van der Waals surface area contributed by atoms with Gasteiger partial charge in [-0.15, -0.1) is 0 Å². The summed E-state index contributed by atoms with van der Waals surface area (Å²) in [5, 5.41) is 9.41. The van der Waals surface area contributed by atoms with Crippen LogP contribution in [0.25, 0.3) is 0 Å². The third-order valence-electron chi connectivity index (χ3n) is 2.27. The van der Waals surface area contributed by atoms with E-state index in [2.05, 4.69) is 11.8 Å². The molecule has 0 amide bonds. The molecule has 0 radical (unpaired) electrons. The molecule has 0 aliphatic carbocycles. The van der Waals surface area contributed by atoms with Crippen LogP contribution >= 0.6 is 0 Å². The van der Waals surface area contributed by atoms with Crippen molar-refractivity contribution in [3.8, 4) is 0 Å². The largest absolute Gasteiger partial charge is 0.392 e. The van der Waals surface area contributed by atoms with Crippen molar-refractivity contribution >= 4 is 0 Å². The highest BCUT2D eigenvalue weighted by Crippen LogP contribution is 2.05. The molecular formula is C9H19NO2. The summed E-state index contributed by atoms with van der Waals surface area (Å²) in [6.45, 7) is 7.60. The highest BCUT2D eigenvalue weighted by Gasteiger charge is 2.17. The summed E-state index contributed by atoms with van der Waals surface area (Å²) < 4.78 is 5.40. The Morgan fingerprint density at radius 2 is 2.42 bits per heavy atom. The Hall–Kier alpha value is -0.120. The smallest absolute Gasteiger partial charge is 0.0674 e. The van der Waals surface area contributed by atoms with E-state index >= 15 is 0 Å². The van der Waals surface area contributed by atoms with Crippen molar-refractivity contribution in [3.05, 3.63) is 0 Å². The van der Waals surface area contributed by atoms with Crippen LogP contribution in [-0.4, -0.2) is 48.5 Å². The topological polar surface area (TPSA) is 32.7 Å². The van der Waals surface area contributed by atoms with E-state index in [1.165, 1.54) is 0 Å². The average molecular weight is 173 g/mol. The van der Waals surface area contributed by atoms with Crippen LogP contribution in [0.3, 0.4) is 0 Å². The van der Waals surface area contributed by atoms with Crippen molar-refractivity contribution in [1.82, 2.24) is 4.90 Å². The van der Waals surface area contributed by atoms with Gasteiger partial charge in [0.2, 0.25) is 0 Å². The van der Waals surface area contributed by atoms with Gasteiger partial charge in [0.1, 0.15) is 0 Å². The second kappa shape index (κ2) is 4.80. The molecule has 12 heavy (non-hydrogen) atoms. The Kier molecular flexibility index (Phi) is 3.98. The molecule has 1 saturated heterocycles. The van der Waals surface area contributed by atoms with Gasteiger partial charge in [-0.25, -0.2) is 0 Å². The Morgan fingerprint density at radius 3 is 3.00 bits per heavy atom. The molecule has 0 saturated carbocycles. The number of aliphatic hydroxyl groups is 1. The van der Waals surface area contributed by atoms with Crippen LogP contribution in [0, 0.1) is 0 Å². The van der Waals surface area contributed by atoms with Gasteiger partial charge >= 0.3 is 0 Å². The normalized spacial score (nSPS) is 28.8. The fourth-order valence-corrected chi connectivity index (χ4v) is 1.48. The van der Waals surface area contributed by atoms with Crippen LogP contribution < -0.4 is 0 Å². The molecular weight excluding hydrogens is 154 g/mol. The summed E-state index contributed by atoms with van der Waals surface area (Å²) in [5.74, 6) is 0. The van der Waals surface area contributed by atoms with Gasteiger partial charge in [0.25, 0.3) is 0 Å². The first-order valence-corrected chi connectivity index (χ1v) is 4.74. The van der Waals surface area contributed by atoms with Crippen LogP contribution in [0.2, 0.25) is 0 Å². The number of aliphatic hydroxyl groups excluding tert-OH is 1. The van der Waals surface area contributed by atoms with Crippen LogP contribution in [0.15, 0.2) is 0 Å². The highest BCUT2D eigenvalue weighted by atomic mass is 16.5. The second-order valence-electron chi connectivity index (χ2n) is 3.50. The van der Waals surface area contributed by atoms with Crippen molar-refractivity contribution in [3.63, 3.8) is 0 Å². The lowest BCUT2D eigenvalue weighted by Crippen LogP contribution is -2.44. The summed E-state index contributed by atoms with van der Waals surface area (Å²) in [7, 11) is 0. The van der Waals surface area contributed by atoms with Crippen molar-refractivity contribution in [2.24, 2.45) is 0 Å². The first-order valence-electron chi connectivity index (χ1n) is 4.74. The summed E-state index contributed by atoms with van der Waals surface area (Å²) in [6, 6.07) is 0. The van der Waals surface area contributed by atoms with E-state index in [1.807, 2.05) is 6.92 Å². The number of rotatable bonds is 3. The van der Waals surface area contributed by atoms with Gasteiger partial charge in [-0.3, -0.25) is 4.90 Å². The van der Waals surface area contributed by atoms with Gasteiger partial charge in [0.05, 0.1) is 18.8 Å². The van der Waals surface area contributed by atoms with E-state index in [4.69, 9.17) is 4.74 Å². The minimum Gasteiger partial charge on any atom is -0.392 e. The number of nitrogens with zero attached hydrogens (tertiary/aromatic N) is 1. The van der Waals surface area contributed by atoms with E-state index in [1.54, 1.807) is 0 Å². The van der Waals surface area contributed by atoms with E-state index < -0.39 is 0 Å². The first kappa shape index (κ1) is 9.96. The standard InChI is InChI=1S/C9H19NO2/c1-3-9(11)7-10-4-5-12-8(2)6-10/h8-9,11H,3-7H2,1-2H3/t8-,9+/m0/s1. The van der Waals surface area contributed by atoms with Crippen LogP contribution in [0.5, 0.6) is 0 Å². The third kappa shape index (κ3) is 3.09. The summed E-state index contributed by atoms with van der Waals surface area (Å²) in [6.07, 6.45) is 0.990. The summed E-state index contributed by atoms with van der Waals surface area (Å²) >= 11 is 0. The summed E-state index contributed by atoms with van der Waals surface area (Å²) in [5.41, 5.74) is 0. The molecule has 3 heteroatoms. The molecule has 1 heterocycles. The number of ether oxygens (including phenoxy) is 1. The Morgan fingerprint density at radius 1 is 1.67 bits per heavy atom. The van der Waals surface area contributed by atoms with Crippen molar-refractivity contribution in [2.45, 2.75) is 32.5 Å². The molecule has 0 bridgehead atoms. The fourth-order valence-electron chi connectivity index (χ4n) is 1.48. The number of β-amino-alcohol motifs (C(OH)–C–C–N with tert-alkyl or cyclic N) is 1. The van der Waals surface area contributed by atoms with Gasteiger partial charge in [0.15, 0.2) is 0 Å². The molecule has 0 unspecified atom stereocenters. The quantitative estimate of drug-likeness (QED) is 0.673. The minimum absolute atomic E-state index is 0.171. The lowest BCUT2D eigenvalue weighted by atomic mass is 10.2. The van der Waals surface area contributed by atoms with Crippen molar-refractivity contribution in [2.75, 3.05) is 26.2 Å². The lowest BCUT2D eigenvalue weighted by Gasteiger charge is -2.32. The highest BCUT2D eigenvalue weighted by molar-refractivity contribution is 4.70. The third-order valence-corrected chi connectivity index (χ3v) is 2.27. The van der Waals surface area contributed by atoms with Gasteiger partial charge in [-0.1, -0.05) is 6.92 Å². The number of hydrogen-bond donors (Lipinski definition) is 1. The number of morpholine rings is 1. The summed E-state index contributed by atoms with van der Waals surface area (Å²) in [4.78, 5) is 2.27. The maximum atomic E-state index is 9.41. The Labute approximate surface area is 74.3 Å². The monoisotopic (exact) mass is 173 g/mol. The molecule has 1 aliphatic rings. The molecule has 1 fully saturated rings. The van der Waals surface area contributed by atoms with Gasteiger partial charge in [-0.05, 0) is 13.3 Å². The predicted octanol–water partition coefficient (Wildman–Crippen LogP) is 0.478. The fraction of sp³-hybridized carbons (Fsp3) is 1.00. The molecule has 1 rings (SSSR count). The lowest BCUT2D eigenvalue weighted by molar-refractivity contribution is -0.0318. The van der Waals surface area contributed by atoms with Crippen LogP contribution in [-0.2, 0) is 4.74 Å². The Balaban J connectivity index is 2.22. The Bertz CT molecular complexity index is 130. The molecule has 0 aromatic rings. The zero-order chi connectivity index (χ0) is 8.97. The predicted molar refractivity (Wildman–Crippen MR) is 48.2 cm³/mol. The van der Waals surface area contributed by atoms with E-state index in [0.717, 1.165) is 32.7 Å². The molecule has 1 N–H and O–H groups in total. The maximum Gasteiger partial charge on any atom is 0.0674 e. The molecule has 1 aliphatic heterocycles. The van der Waals surface area contributed by atoms with Crippen molar-refractivity contribution < 1.29 is 9.84 Å². The maximum absolute atomic E-state index is 9.41. The molecule has 0 aromatic heterocycles. The second-order valence-corrected chi connectivity index (χ2v) is 3.50. The van der Waals surface area contributed by atoms with E-state index in [-0.39, 0.29) is 6.10 Å². The van der Waals surface area contributed by atoms with Gasteiger partial charge in [-0.2, -0.15) is 0 Å². The molecule has 0 spiro atoms. The first-order chi connectivity index (χ1) is 5.72. The molecule has 0 aromatic carbocycles. The average Bonchev–Trinajstić information content (AvgIpc) is 2.04. The SMILES string of the molecule is CC[C@@H](O)CN1CCO[C@@H](C)C1. The van der Waals surface area contributed by atoms with Gasteiger partial charge in [0, 0.05) is 19.6 Å². The van der Waals surface area contributed by atoms with Crippen LogP contribution in [0.1, 0.15) is 20.3 Å². The van der Waals surface area contributed by atoms with E-state index in [9.17, 15) is 5.11 Å². The molecule has 3 nitrogen and oxygen atoms in total. The number of hydrogen-bond acceptors (Lipinski definition) is 3. The van der Waals surface area contributed by atoms with Crippen LogP contribution in [0.4, 0.5) is 0 Å². The zero-order valence-electron chi connectivity index (χ0n) is 7.99. The molecule has 2 atom stereocenters. The minimum atomic E-state index is -0.171. The van der Waals surface area contributed by atoms with E-state index in [0.29, 0.717) is 6.10 Å². The zero-order valence-corrected chi connectivity index (χ0v) is 7.99. The molecule has 72 valence electrons. The van der Waals surface area contributed by atoms with Crippen molar-refractivity contribution in [1.29, 1.82) is 0 Å².